The van der Waals surface area contributed by atoms with Crippen molar-refractivity contribution in [3.05, 3.63) is 182 Å². The van der Waals surface area contributed by atoms with E-state index in [9.17, 15) is 5.26 Å². The van der Waals surface area contributed by atoms with Gasteiger partial charge in [0.2, 0.25) is 0 Å². The van der Waals surface area contributed by atoms with Crippen LogP contribution in [0.3, 0.4) is 0 Å². The van der Waals surface area contributed by atoms with Crippen molar-refractivity contribution in [2.45, 2.75) is 0 Å². The number of pyridine rings is 1. The van der Waals surface area contributed by atoms with Crippen molar-refractivity contribution in [1.29, 1.82) is 5.26 Å². The van der Waals surface area contributed by atoms with E-state index in [1.54, 1.807) is 0 Å². The predicted molar refractivity (Wildman–Crippen MR) is 217 cm³/mol. The van der Waals surface area contributed by atoms with Gasteiger partial charge in [-0.25, -0.2) is 4.98 Å². The molecule has 0 amide bonds. The Morgan fingerprint density at radius 1 is 0.396 bits per heavy atom. The SMILES string of the molecule is N#Cc1cc(-c2cccc(-n3c4ccc5c(c6ccccc6n5-c5ccccc5)c4c4cccnc43)c2)cc(-n2c3ccccc3c3ccccc32)c1. The van der Waals surface area contributed by atoms with Crippen molar-refractivity contribution in [2.75, 3.05) is 0 Å². The molecule has 0 saturated carbocycles. The minimum absolute atomic E-state index is 0.612. The minimum atomic E-state index is 0.612. The van der Waals surface area contributed by atoms with Gasteiger partial charge in [0.1, 0.15) is 5.65 Å². The van der Waals surface area contributed by atoms with Crippen molar-refractivity contribution in [3.8, 4) is 34.3 Å². The van der Waals surface area contributed by atoms with Crippen molar-refractivity contribution in [2.24, 2.45) is 0 Å². The number of para-hydroxylation sites is 4. The zero-order valence-electron chi connectivity index (χ0n) is 28.5. The second-order valence-corrected chi connectivity index (χ2v) is 13.6. The first kappa shape index (κ1) is 29.3. The Labute approximate surface area is 304 Å². The van der Waals surface area contributed by atoms with E-state index in [0.29, 0.717) is 5.56 Å². The van der Waals surface area contributed by atoms with E-state index in [2.05, 4.69) is 171 Å². The zero-order valence-corrected chi connectivity index (χ0v) is 28.5. The molecule has 0 bridgehead atoms. The van der Waals surface area contributed by atoms with Crippen LogP contribution in [0.1, 0.15) is 5.56 Å². The van der Waals surface area contributed by atoms with E-state index < -0.39 is 0 Å². The molecule has 0 aliphatic carbocycles. The third kappa shape index (κ3) is 4.27. The monoisotopic (exact) mass is 675 g/mol. The molecule has 11 aromatic rings. The molecule has 0 N–H and O–H groups in total. The molecule has 11 rings (SSSR count). The molecule has 0 fully saturated rings. The highest BCUT2D eigenvalue weighted by molar-refractivity contribution is 6.28. The standard InChI is InChI=1S/C48H29N5/c49-30-31-26-33(29-36(27-31)52-41-20-7-4-16-37(41)38-17-5-8-21-42(38)52)32-12-10-15-35(28-32)53-45-24-23-44-46(47(45)40-19-11-25-50-48(40)53)39-18-6-9-22-43(39)51(44)34-13-2-1-3-14-34/h1-29H. The van der Waals surface area contributed by atoms with Crippen molar-refractivity contribution < 1.29 is 0 Å². The average Bonchev–Trinajstić information content (AvgIpc) is 3.87. The van der Waals surface area contributed by atoms with Gasteiger partial charge < -0.3 is 9.13 Å². The summed E-state index contributed by atoms with van der Waals surface area (Å²) in [5, 5.41) is 17.4. The highest BCUT2D eigenvalue weighted by Gasteiger charge is 2.21. The first-order valence-electron chi connectivity index (χ1n) is 17.8. The summed E-state index contributed by atoms with van der Waals surface area (Å²) in [6, 6.07) is 62.1. The Balaban J connectivity index is 1.15. The van der Waals surface area contributed by atoms with Gasteiger partial charge in [-0.3, -0.25) is 4.57 Å². The number of fused-ring (bicyclic) bond motifs is 10. The molecule has 53 heavy (non-hydrogen) atoms. The molecule has 0 aliphatic rings. The molecule has 0 saturated heterocycles. The van der Waals surface area contributed by atoms with Crippen LogP contribution in [-0.4, -0.2) is 18.7 Å². The second kappa shape index (κ2) is 11.3. The number of hydrogen-bond acceptors (Lipinski definition) is 2. The summed E-state index contributed by atoms with van der Waals surface area (Å²) in [6.45, 7) is 0. The summed E-state index contributed by atoms with van der Waals surface area (Å²) >= 11 is 0. The smallest absolute Gasteiger partial charge is 0.145 e. The van der Waals surface area contributed by atoms with Gasteiger partial charge in [0, 0.05) is 55.6 Å². The summed E-state index contributed by atoms with van der Waals surface area (Å²) < 4.78 is 6.92. The Hall–Kier alpha value is -7.42. The van der Waals surface area contributed by atoms with Gasteiger partial charge in [0.05, 0.1) is 39.2 Å². The van der Waals surface area contributed by atoms with E-state index in [-0.39, 0.29) is 0 Å². The molecule has 0 radical (unpaired) electrons. The number of nitrogens with zero attached hydrogens (tertiary/aromatic N) is 5. The number of benzene rings is 7. The topological polar surface area (TPSA) is 51.5 Å². The first-order chi connectivity index (χ1) is 26.3. The number of hydrogen-bond donors (Lipinski definition) is 0. The van der Waals surface area contributed by atoms with Crippen LogP contribution in [0.5, 0.6) is 0 Å². The van der Waals surface area contributed by atoms with Gasteiger partial charge in [0.15, 0.2) is 0 Å². The van der Waals surface area contributed by atoms with Gasteiger partial charge in [0.25, 0.3) is 0 Å². The quantitative estimate of drug-likeness (QED) is 0.186. The first-order valence-corrected chi connectivity index (χ1v) is 17.8. The largest absolute Gasteiger partial charge is 0.309 e. The number of rotatable bonds is 4. The van der Waals surface area contributed by atoms with Gasteiger partial charge in [-0.15, -0.1) is 0 Å². The minimum Gasteiger partial charge on any atom is -0.309 e. The molecule has 5 heteroatoms. The summed E-state index contributed by atoms with van der Waals surface area (Å²) in [7, 11) is 0. The normalized spacial score (nSPS) is 11.8. The van der Waals surface area contributed by atoms with E-state index >= 15 is 0 Å². The van der Waals surface area contributed by atoms with Gasteiger partial charge >= 0.3 is 0 Å². The van der Waals surface area contributed by atoms with Crippen LogP contribution in [0.2, 0.25) is 0 Å². The maximum Gasteiger partial charge on any atom is 0.145 e. The lowest BCUT2D eigenvalue weighted by molar-refractivity contribution is 1.13. The molecule has 0 aliphatic heterocycles. The Morgan fingerprint density at radius 3 is 1.70 bits per heavy atom. The third-order valence-corrected chi connectivity index (χ3v) is 10.7. The highest BCUT2D eigenvalue weighted by atomic mass is 15.1. The molecule has 7 aromatic carbocycles. The summed E-state index contributed by atoms with van der Waals surface area (Å²) in [5.74, 6) is 0. The van der Waals surface area contributed by atoms with Crippen LogP contribution in [0.4, 0.5) is 0 Å². The molecule has 246 valence electrons. The summed E-state index contributed by atoms with van der Waals surface area (Å²) in [5.41, 5.74) is 12.3. The van der Waals surface area contributed by atoms with Crippen molar-refractivity contribution >= 4 is 65.5 Å². The zero-order chi connectivity index (χ0) is 35.0. The summed E-state index contributed by atoms with van der Waals surface area (Å²) in [6.07, 6.45) is 1.88. The van der Waals surface area contributed by atoms with Crippen LogP contribution in [0.25, 0.3) is 93.7 Å². The van der Waals surface area contributed by atoms with Crippen LogP contribution < -0.4 is 0 Å². The Bertz CT molecular complexity index is 3250. The Kier molecular flexibility index (Phi) is 6.25. The van der Waals surface area contributed by atoms with E-state index in [1.807, 2.05) is 24.4 Å². The molecule has 5 nitrogen and oxygen atoms in total. The molecule has 4 heterocycles. The van der Waals surface area contributed by atoms with Gasteiger partial charge in [-0.1, -0.05) is 84.9 Å². The predicted octanol–water partition coefficient (Wildman–Crippen LogP) is 11.9. The van der Waals surface area contributed by atoms with E-state index in [4.69, 9.17) is 4.98 Å². The van der Waals surface area contributed by atoms with Crippen LogP contribution in [-0.2, 0) is 0 Å². The maximum absolute atomic E-state index is 10.3. The molecule has 4 aromatic heterocycles. The molecular weight excluding hydrogens is 647 g/mol. The van der Waals surface area contributed by atoms with Crippen molar-refractivity contribution in [1.82, 2.24) is 18.7 Å². The highest BCUT2D eigenvalue weighted by Crippen LogP contribution is 2.42. The van der Waals surface area contributed by atoms with Gasteiger partial charge in [-0.05, 0) is 96.1 Å². The Morgan fingerprint density at radius 2 is 0.962 bits per heavy atom. The lowest BCUT2D eigenvalue weighted by Crippen LogP contribution is -1.97. The van der Waals surface area contributed by atoms with E-state index in [1.165, 1.54) is 32.4 Å². The molecule has 0 unspecified atom stereocenters. The molecular formula is C48H29N5. The third-order valence-electron chi connectivity index (χ3n) is 10.7. The van der Waals surface area contributed by atoms with Crippen LogP contribution >= 0.6 is 0 Å². The number of aromatic nitrogens is 4. The van der Waals surface area contributed by atoms with Crippen LogP contribution in [0.15, 0.2) is 176 Å². The second-order valence-electron chi connectivity index (χ2n) is 13.6. The lowest BCUT2D eigenvalue weighted by Gasteiger charge is -2.13. The van der Waals surface area contributed by atoms with E-state index in [0.717, 1.165) is 61.3 Å². The maximum atomic E-state index is 10.3. The molecule has 0 spiro atoms. The number of nitriles is 1. The molecule has 0 atom stereocenters. The fourth-order valence-electron chi connectivity index (χ4n) is 8.51. The fourth-order valence-corrected chi connectivity index (χ4v) is 8.51. The van der Waals surface area contributed by atoms with Gasteiger partial charge in [-0.2, -0.15) is 5.26 Å². The van der Waals surface area contributed by atoms with Crippen molar-refractivity contribution in [3.63, 3.8) is 0 Å². The van der Waals surface area contributed by atoms with Crippen LogP contribution in [0, 0.1) is 11.3 Å². The fraction of sp³-hybridized carbons (Fsp3) is 0. The lowest BCUT2D eigenvalue weighted by atomic mass is 10.0. The average molecular weight is 676 g/mol. The summed E-state index contributed by atoms with van der Waals surface area (Å²) in [4.78, 5) is 4.99.